The minimum atomic E-state index is -0.446. The normalized spacial score (nSPS) is 21.8. The number of hydrogen-bond acceptors (Lipinski definition) is 9. The van der Waals surface area contributed by atoms with E-state index in [-0.39, 0.29) is 30.4 Å². The van der Waals surface area contributed by atoms with Crippen molar-refractivity contribution < 1.29 is 27.9 Å². The number of aromatic nitrogens is 3. The highest BCUT2D eigenvalue weighted by Crippen LogP contribution is 2.48. The summed E-state index contributed by atoms with van der Waals surface area (Å²) >= 11 is 0. The van der Waals surface area contributed by atoms with Crippen LogP contribution in [0.4, 0.5) is 15.9 Å². The lowest BCUT2D eigenvalue weighted by molar-refractivity contribution is -0.121. The summed E-state index contributed by atoms with van der Waals surface area (Å²) in [7, 11) is 0. The first-order valence-electron chi connectivity index (χ1n) is 16.7. The average Bonchev–Trinajstić information content (AvgIpc) is 3.54. The third kappa shape index (κ3) is 5.67. The molecule has 248 valence electrons. The van der Waals surface area contributed by atoms with Crippen molar-refractivity contribution in [3.63, 3.8) is 0 Å². The second-order valence-electron chi connectivity index (χ2n) is 13.3. The van der Waals surface area contributed by atoms with E-state index in [4.69, 9.17) is 18.9 Å². The van der Waals surface area contributed by atoms with Crippen molar-refractivity contribution in [3.05, 3.63) is 71.3 Å². The Hall–Kier alpha value is -4.84. The van der Waals surface area contributed by atoms with E-state index in [0.717, 1.165) is 57.0 Å². The number of amides is 2. The number of nitrogens with one attached hydrogen (secondary N) is 2. The molecule has 0 unspecified atom stereocenters. The number of nitrogens with zero attached hydrogens (tertiary/aromatic N) is 4. The molecule has 2 saturated heterocycles. The van der Waals surface area contributed by atoms with Gasteiger partial charge in [-0.2, -0.15) is 0 Å². The second-order valence-corrected chi connectivity index (χ2v) is 13.3. The van der Waals surface area contributed by atoms with Crippen LogP contribution in [0.3, 0.4) is 0 Å². The minimum Gasteiger partial charge on any atom is -0.482 e. The summed E-state index contributed by atoms with van der Waals surface area (Å²) in [5, 5.41) is 6.50. The quantitative estimate of drug-likeness (QED) is 0.262. The third-order valence-corrected chi connectivity index (χ3v) is 10.1. The largest absolute Gasteiger partial charge is 0.482 e. The Morgan fingerprint density at radius 3 is 2.62 bits per heavy atom. The zero-order chi connectivity index (χ0) is 32.8. The van der Waals surface area contributed by atoms with Gasteiger partial charge in [0.1, 0.15) is 23.1 Å². The number of fused-ring (bicyclic) bond motifs is 5. The van der Waals surface area contributed by atoms with Gasteiger partial charge in [-0.15, -0.1) is 0 Å². The number of halogens is 1. The van der Waals surface area contributed by atoms with Crippen LogP contribution in [0.25, 0.3) is 22.6 Å². The van der Waals surface area contributed by atoms with Crippen molar-refractivity contribution in [2.45, 2.75) is 64.5 Å². The number of ether oxygens (including phenoxy) is 2. The number of rotatable bonds is 7. The highest BCUT2D eigenvalue weighted by atomic mass is 19.1. The maximum atomic E-state index is 13.9. The van der Waals surface area contributed by atoms with Gasteiger partial charge >= 0.3 is 0 Å². The lowest BCUT2D eigenvalue weighted by atomic mass is 9.68. The van der Waals surface area contributed by atoms with E-state index < -0.39 is 5.82 Å². The molecule has 5 aliphatic rings. The standard InChI is InChI=1S/C36H37FN6O5/c1-21-16-41-35(48-21)31-26(9-12-36-10-7-25(8-11-36)47-20-36)42-33-32(34(45)39-14-2-13-38-33)30(31)22-3-6-27-28(15-22)46-19-29(44)43(27)18-24-5-4-23(37)17-40-24/h3-6,15-17,25H,2,7-14,18-20H2,1H3,(H,38,42)(H,39,45). The van der Waals surface area contributed by atoms with E-state index >= 15 is 0 Å². The molecule has 12 heteroatoms. The van der Waals surface area contributed by atoms with Crippen molar-refractivity contribution in [1.82, 2.24) is 20.3 Å². The molecule has 1 aliphatic carbocycles. The summed E-state index contributed by atoms with van der Waals surface area (Å²) in [5.74, 6) is 1.10. The Morgan fingerprint density at radius 2 is 1.88 bits per heavy atom. The van der Waals surface area contributed by atoms with E-state index in [1.807, 2.05) is 25.1 Å². The molecule has 0 radical (unpaired) electrons. The summed E-state index contributed by atoms with van der Waals surface area (Å²) in [6.07, 6.45) is 9.94. The monoisotopic (exact) mass is 652 g/mol. The minimum absolute atomic E-state index is 0.102. The average molecular weight is 653 g/mol. The van der Waals surface area contributed by atoms with Gasteiger partial charge in [-0.1, -0.05) is 6.07 Å². The number of anilines is 2. The Balaban J connectivity index is 1.26. The summed E-state index contributed by atoms with van der Waals surface area (Å²) in [5.41, 5.74) is 4.41. The van der Waals surface area contributed by atoms with Crippen molar-refractivity contribution in [2.24, 2.45) is 5.41 Å². The molecule has 2 N–H and O–H groups in total. The van der Waals surface area contributed by atoms with Gasteiger partial charge in [0, 0.05) is 18.7 Å². The molecule has 1 saturated carbocycles. The predicted molar refractivity (Wildman–Crippen MR) is 175 cm³/mol. The van der Waals surface area contributed by atoms with Gasteiger partial charge in [-0.05, 0) is 87.1 Å². The van der Waals surface area contributed by atoms with Crippen molar-refractivity contribution in [2.75, 3.05) is 36.5 Å². The van der Waals surface area contributed by atoms with E-state index in [9.17, 15) is 14.0 Å². The summed E-state index contributed by atoms with van der Waals surface area (Å²) in [6.45, 7) is 3.76. The van der Waals surface area contributed by atoms with Crippen molar-refractivity contribution in [3.8, 4) is 28.3 Å². The van der Waals surface area contributed by atoms with Gasteiger partial charge in [-0.3, -0.25) is 19.5 Å². The molecule has 3 aromatic heterocycles. The fourth-order valence-corrected chi connectivity index (χ4v) is 7.45. The van der Waals surface area contributed by atoms with Crippen LogP contribution in [0.1, 0.15) is 66.0 Å². The molecule has 3 fully saturated rings. The molecule has 9 rings (SSSR count). The molecule has 4 aliphatic heterocycles. The van der Waals surface area contributed by atoms with Crippen LogP contribution in [0.15, 0.2) is 47.1 Å². The first-order valence-corrected chi connectivity index (χ1v) is 16.7. The summed E-state index contributed by atoms with van der Waals surface area (Å²) in [4.78, 5) is 42.4. The van der Waals surface area contributed by atoms with Gasteiger partial charge in [0.05, 0.1) is 59.9 Å². The molecule has 11 nitrogen and oxygen atoms in total. The zero-order valence-corrected chi connectivity index (χ0v) is 26.8. The number of aryl methyl sites for hydroxylation is 2. The van der Waals surface area contributed by atoms with Crippen molar-refractivity contribution in [1.29, 1.82) is 0 Å². The van der Waals surface area contributed by atoms with Crippen LogP contribution in [-0.4, -0.2) is 59.2 Å². The Bertz CT molecular complexity index is 1870. The molecule has 4 aromatic rings. The van der Waals surface area contributed by atoms with Crippen LogP contribution < -0.4 is 20.3 Å². The number of oxazole rings is 1. The second kappa shape index (κ2) is 12.3. The fourth-order valence-electron chi connectivity index (χ4n) is 7.45. The number of benzene rings is 1. The van der Waals surface area contributed by atoms with Crippen LogP contribution in [-0.2, 0) is 22.5 Å². The van der Waals surface area contributed by atoms with E-state index in [2.05, 4.69) is 20.6 Å². The number of carbonyl (C=O) groups is 2. The maximum absolute atomic E-state index is 13.9. The highest BCUT2D eigenvalue weighted by Gasteiger charge is 2.41. The molecule has 2 bridgehead atoms. The lowest BCUT2D eigenvalue weighted by Crippen LogP contribution is -2.42. The summed E-state index contributed by atoms with van der Waals surface area (Å²) in [6, 6.07) is 8.43. The van der Waals surface area contributed by atoms with Gasteiger partial charge < -0.3 is 24.5 Å². The maximum Gasteiger partial charge on any atom is 0.265 e. The topological polar surface area (TPSA) is 132 Å². The zero-order valence-electron chi connectivity index (χ0n) is 26.8. The fraction of sp³-hybridized carbons (Fsp3) is 0.417. The van der Waals surface area contributed by atoms with Gasteiger partial charge in [0.25, 0.3) is 11.8 Å². The van der Waals surface area contributed by atoms with Crippen molar-refractivity contribution >= 4 is 23.3 Å². The first kappa shape index (κ1) is 30.5. The van der Waals surface area contributed by atoms with E-state index in [0.29, 0.717) is 82.5 Å². The molecule has 0 atom stereocenters. The molecule has 48 heavy (non-hydrogen) atoms. The molecule has 1 aromatic carbocycles. The predicted octanol–water partition coefficient (Wildman–Crippen LogP) is 5.61. The number of carbonyl (C=O) groups excluding carboxylic acids is 2. The highest BCUT2D eigenvalue weighted by molar-refractivity contribution is 6.09. The number of hydrogen-bond donors (Lipinski definition) is 2. The van der Waals surface area contributed by atoms with E-state index in [1.165, 1.54) is 6.07 Å². The Labute approximate surface area is 277 Å². The smallest absolute Gasteiger partial charge is 0.265 e. The molecular weight excluding hydrogens is 615 g/mol. The lowest BCUT2D eigenvalue weighted by Gasteiger charge is -2.46. The molecular formula is C36H37FN6O5. The van der Waals surface area contributed by atoms with Crippen LogP contribution in [0.2, 0.25) is 0 Å². The number of pyridine rings is 2. The van der Waals surface area contributed by atoms with E-state index in [1.54, 1.807) is 17.2 Å². The third-order valence-electron chi connectivity index (χ3n) is 10.1. The molecule has 7 heterocycles. The summed E-state index contributed by atoms with van der Waals surface area (Å²) < 4.78 is 31.8. The first-order chi connectivity index (χ1) is 23.4. The van der Waals surface area contributed by atoms with Gasteiger partial charge in [0.2, 0.25) is 5.89 Å². The SMILES string of the molecule is Cc1cnc(-c2c(CCC34CCC(CC3)OC4)nc3c(c2-c2ccc4c(c2)OCC(=O)N4Cc2ccc(F)cn2)C(=O)NCCCN3)o1. The molecule has 2 amide bonds. The van der Waals surface area contributed by atoms with Gasteiger partial charge in [0.15, 0.2) is 6.61 Å². The molecule has 0 spiro atoms. The Morgan fingerprint density at radius 1 is 1.02 bits per heavy atom. The van der Waals surface area contributed by atoms with Gasteiger partial charge in [-0.25, -0.2) is 14.4 Å². The Kier molecular flexibility index (Phi) is 7.82. The van der Waals surface area contributed by atoms with Crippen LogP contribution in [0.5, 0.6) is 5.75 Å². The van der Waals surface area contributed by atoms with Crippen LogP contribution >= 0.6 is 0 Å². The van der Waals surface area contributed by atoms with Crippen LogP contribution in [0, 0.1) is 18.2 Å².